The molecule has 2 aromatic carbocycles. The molecule has 0 bridgehead atoms. The molecular weight excluding hydrogens is 290 g/mol. The van der Waals surface area contributed by atoms with Gasteiger partial charge in [-0.2, -0.15) is 0 Å². The van der Waals surface area contributed by atoms with E-state index in [1.165, 1.54) is 4.90 Å². The molecule has 23 heavy (non-hydrogen) atoms. The Morgan fingerprint density at radius 2 is 1.83 bits per heavy atom. The molecule has 1 N–H and O–H groups in total. The Bertz CT molecular complexity index is 765. The van der Waals surface area contributed by atoms with Gasteiger partial charge in [-0.05, 0) is 35.8 Å². The van der Waals surface area contributed by atoms with Crippen LogP contribution in [0.3, 0.4) is 0 Å². The third-order valence-corrected chi connectivity index (χ3v) is 3.84. The number of hydrogen-bond donors (Lipinski definition) is 1. The van der Waals surface area contributed by atoms with E-state index in [4.69, 9.17) is 0 Å². The van der Waals surface area contributed by atoms with Crippen LogP contribution >= 0.6 is 0 Å². The number of imide groups is 1. The number of carbonyl (C=O) groups is 2. The second-order valence-electron chi connectivity index (χ2n) is 5.53. The highest BCUT2D eigenvalue weighted by atomic mass is 16.3. The molecule has 1 fully saturated rings. The molecule has 0 aliphatic carbocycles. The van der Waals surface area contributed by atoms with Crippen molar-refractivity contribution < 1.29 is 14.7 Å². The van der Waals surface area contributed by atoms with Crippen molar-refractivity contribution in [1.29, 1.82) is 0 Å². The number of phenolic OH excluding ortho intramolecular Hbond substituents is 1. The van der Waals surface area contributed by atoms with Crippen LogP contribution in [0.2, 0.25) is 0 Å². The third-order valence-electron chi connectivity index (χ3n) is 3.84. The summed E-state index contributed by atoms with van der Waals surface area (Å²) in [6.07, 6.45) is 2.43. The number of likely N-dealkylation sites (tertiary alicyclic amines) is 1. The molecule has 2 amide bonds. The summed E-state index contributed by atoms with van der Waals surface area (Å²) in [5.41, 5.74) is 2.28. The molecule has 0 unspecified atom stereocenters. The van der Waals surface area contributed by atoms with E-state index in [2.05, 4.69) is 0 Å². The molecule has 0 aromatic heterocycles. The van der Waals surface area contributed by atoms with Gasteiger partial charge in [-0.25, -0.2) is 0 Å². The second-order valence-corrected chi connectivity index (χ2v) is 5.53. The number of carbonyl (C=O) groups excluding carboxylic acids is 2. The van der Waals surface area contributed by atoms with Gasteiger partial charge in [-0.1, -0.05) is 42.5 Å². The Balaban J connectivity index is 1.72. The van der Waals surface area contributed by atoms with Gasteiger partial charge in [0, 0.05) is 12.1 Å². The van der Waals surface area contributed by atoms with Gasteiger partial charge in [0.05, 0.1) is 6.42 Å². The first-order valence-corrected chi connectivity index (χ1v) is 7.52. The average Bonchev–Trinajstić information content (AvgIpc) is 2.80. The predicted octanol–water partition coefficient (Wildman–Crippen LogP) is 2.78. The van der Waals surface area contributed by atoms with Crippen LogP contribution in [0.1, 0.15) is 17.5 Å². The molecule has 1 heterocycles. The number of phenols is 1. The van der Waals surface area contributed by atoms with Crippen molar-refractivity contribution in [1.82, 2.24) is 4.90 Å². The smallest absolute Gasteiger partial charge is 0.256 e. The van der Waals surface area contributed by atoms with Gasteiger partial charge < -0.3 is 5.11 Å². The number of benzene rings is 2. The van der Waals surface area contributed by atoms with Crippen molar-refractivity contribution in [2.24, 2.45) is 0 Å². The number of amides is 2. The summed E-state index contributed by atoms with van der Waals surface area (Å²) in [5, 5.41) is 9.48. The Morgan fingerprint density at radius 1 is 1.04 bits per heavy atom. The van der Waals surface area contributed by atoms with Crippen molar-refractivity contribution in [3.63, 3.8) is 0 Å². The largest absolute Gasteiger partial charge is 0.508 e. The van der Waals surface area contributed by atoms with Crippen molar-refractivity contribution in [2.75, 3.05) is 6.54 Å². The molecule has 0 spiro atoms. The summed E-state index contributed by atoms with van der Waals surface area (Å²) >= 11 is 0. The highest BCUT2D eigenvalue weighted by molar-refractivity contribution is 6.15. The molecule has 0 atom stereocenters. The standard InChI is InChI=1S/C19H17NO3/c21-17-8-4-7-15(12-17)11-16-13-18(22)20(19(16)23)10-9-14-5-2-1-3-6-14/h1-8,11-12,21H,9-10,13H2. The minimum absolute atomic E-state index is 0.114. The van der Waals surface area contributed by atoms with Crippen LogP contribution in [-0.4, -0.2) is 28.4 Å². The fourth-order valence-electron chi connectivity index (χ4n) is 2.66. The van der Waals surface area contributed by atoms with E-state index in [-0.39, 0.29) is 24.0 Å². The van der Waals surface area contributed by atoms with Crippen LogP contribution in [0.4, 0.5) is 0 Å². The molecule has 3 rings (SSSR count). The molecule has 4 heteroatoms. The maximum Gasteiger partial charge on any atom is 0.256 e. The zero-order valence-corrected chi connectivity index (χ0v) is 12.6. The maximum absolute atomic E-state index is 12.4. The summed E-state index contributed by atoms with van der Waals surface area (Å²) in [7, 11) is 0. The van der Waals surface area contributed by atoms with E-state index in [1.807, 2.05) is 30.3 Å². The first-order valence-electron chi connectivity index (χ1n) is 7.52. The molecule has 1 aliphatic rings. The van der Waals surface area contributed by atoms with Crippen LogP contribution in [0.15, 0.2) is 60.2 Å². The highest BCUT2D eigenvalue weighted by Crippen LogP contribution is 2.23. The lowest BCUT2D eigenvalue weighted by atomic mass is 10.1. The topological polar surface area (TPSA) is 57.6 Å². The van der Waals surface area contributed by atoms with E-state index in [0.29, 0.717) is 24.1 Å². The number of aromatic hydroxyl groups is 1. The van der Waals surface area contributed by atoms with Crippen LogP contribution in [0.25, 0.3) is 6.08 Å². The van der Waals surface area contributed by atoms with Crippen LogP contribution in [-0.2, 0) is 16.0 Å². The van der Waals surface area contributed by atoms with Crippen molar-refractivity contribution in [2.45, 2.75) is 12.8 Å². The van der Waals surface area contributed by atoms with Gasteiger partial charge in [-0.15, -0.1) is 0 Å². The Kier molecular flexibility index (Phi) is 4.24. The van der Waals surface area contributed by atoms with Crippen molar-refractivity contribution in [3.8, 4) is 5.75 Å². The quantitative estimate of drug-likeness (QED) is 0.698. The second kappa shape index (κ2) is 6.48. The molecule has 1 saturated heterocycles. The van der Waals surface area contributed by atoms with E-state index in [1.54, 1.807) is 30.3 Å². The summed E-state index contributed by atoms with van der Waals surface area (Å²) in [6.45, 7) is 0.388. The minimum atomic E-state index is -0.241. The normalized spacial score (nSPS) is 16.3. The van der Waals surface area contributed by atoms with E-state index in [0.717, 1.165) is 5.56 Å². The van der Waals surface area contributed by atoms with Crippen LogP contribution in [0, 0.1) is 0 Å². The number of nitrogens with zero attached hydrogens (tertiary/aromatic N) is 1. The summed E-state index contributed by atoms with van der Waals surface area (Å²) in [5.74, 6) is -0.274. The number of rotatable bonds is 4. The first kappa shape index (κ1) is 15.0. The molecule has 4 nitrogen and oxygen atoms in total. The Labute approximate surface area is 134 Å². The van der Waals surface area contributed by atoms with E-state index >= 15 is 0 Å². The number of hydrogen-bond acceptors (Lipinski definition) is 3. The van der Waals surface area contributed by atoms with Gasteiger partial charge >= 0.3 is 0 Å². The first-order chi connectivity index (χ1) is 11.1. The average molecular weight is 307 g/mol. The van der Waals surface area contributed by atoms with Crippen molar-refractivity contribution in [3.05, 3.63) is 71.3 Å². The zero-order chi connectivity index (χ0) is 16.2. The van der Waals surface area contributed by atoms with E-state index in [9.17, 15) is 14.7 Å². The molecule has 2 aromatic rings. The fraction of sp³-hybridized carbons (Fsp3) is 0.158. The van der Waals surface area contributed by atoms with E-state index < -0.39 is 0 Å². The molecule has 1 aliphatic heterocycles. The lowest BCUT2D eigenvalue weighted by Crippen LogP contribution is -2.31. The minimum Gasteiger partial charge on any atom is -0.508 e. The molecule has 0 saturated carbocycles. The predicted molar refractivity (Wildman–Crippen MR) is 87.6 cm³/mol. The maximum atomic E-state index is 12.4. The summed E-state index contributed by atoms with van der Waals surface area (Å²) in [4.78, 5) is 25.8. The lowest BCUT2D eigenvalue weighted by Gasteiger charge is -2.13. The zero-order valence-electron chi connectivity index (χ0n) is 12.6. The van der Waals surface area contributed by atoms with Gasteiger partial charge in [0.15, 0.2) is 0 Å². The van der Waals surface area contributed by atoms with Crippen molar-refractivity contribution >= 4 is 17.9 Å². The monoisotopic (exact) mass is 307 g/mol. The Morgan fingerprint density at radius 3 is 2.57 bits per heavy atom. The molecule has 0 radical (unpaired) electrons. The third kappa shape index (κ3) is 3.48. The summed E-state index contributed by atoms with van der Waals surface area (Å²) < 4.78 is 0. The molecule has 116 valence electrons. The Hall–Kier alpha value is -2.88. The SMILES string of the molecule is O=C1CC(=Cc2cccc(O)c2)C(=O)N1CCc1ccccc1. The van der Waals surface area contributed by atoms with Gasteiger partial charge in [0.1, 0.15) is 5.75 Å². The molecular formula is C19H17NO3. The van der Waals surface area contributed by atoms with Gasteiger partial charge in [0.2, 0.25) is 5.91 Å². The van der Waals surface area contributed by atoms with Crippen LogP contribution in [0.5, 0.6) is 5.75 Å². The summed E-state index contributed by atoms with van der Waals surface area (Å²) in [6, 6.07) is 16.4. The van der Waals surface area contributed by atoms with Gasteiger partial charge in [-0.3, -0.25) is 14.5 Å². The lowest BCUT2D eigenvalue weighted by molar-refractivity contribution is -0.137. The van der Waals surface area contributed by atoms with Gasteiger partial charge in [0.25, 0.3) is 5.91 Å². The van der Waals surface area contributed by atoms with Crippen LogP contribution < -0.4 is 0 Å². The highest BCUT2D eigenvalue weighted by Gasteiger charge is 2.33. The fourth-order valence-corrected chi connectivity index (χ4v) is 2.66.